The van der Waals surface area contributed by atoms with Gasteiger partial charge in [-0.05, 0) is 19.1 Å². The number of carbonyl (C=O) groups is 2. The average molecular weight is 250 g/mol. The second kappa shape index (κ2) is 4.07. The second-order valence-electron chi connectivity index (χ2n) is 4.05. The molecule has 0 saturated heterocycles. The number of nitrogens with one attached hydrogen (secondary N) is 1. The number of rotatable bonds is 1. The van der Waals surface area contributed by atoms with Crippen molar-refractivity contribution >= 4 is 29.3 Å². The van der Waals surface area contributed by atoms with Gasteiger partial charge in [0.2, 0.25) is 5.91 Å². The van der Waals surface area contributed by atoms with Gasteiger partial charge in [-0.2, -0.15) is 0 Å². The van der Waals surface area contributed by atoms with Gasteiger partial charge >= 0.3 is 0 Å². The minimum Gasteiger partial charge on any atom is -0.358 e. The number of carbonyl (C=O) groups excluding carboxylic acids is 2. The van der Waals surface area contributed by atoms with Gasteiger partial charge in [0.25, 0.3) is 5.91 Å². The van der Waals surface area contributed by atoms with Crippen molar-refractivity contribution in [1.82, 2.24) is 5.32 Å². The molecule has 1 atom stereocenters. The molecule has 90 valence electrons. The predicted molar refractivity (Wildman–Crippen MR) is 68.2 cm³/mol. The highest BCUT2D eigenvalue weighted by atomic mass is 32.2. The van der Waals surface area contributed by atoms with Gasteiger partial charge in [0.1, 0.15) is 0 Å². The maximum absolute atomic E-state index is 12.3. The van der Waals surface area contributed by atoms with Crippen LogP contribution in [0.2, 0.25) is 0 Å². The van der Waals surface area contributed by atoms with E-state index in [2.05, 4.69) is 5.32 Å². The van der Waals surface area contributed by atoms with Gasteiger partial charge in [0.15, 0.2) is 4.75 Å². The summed E-state index contributed by atoms with van der Waals surface area (Å²) in [7, 11) is 3.24. The Labute approximate surface area is 104 Å². The lowest BCUT2D eigenvalue weighted by Crippen LogP contribution is -2.54. The number of benzene rings is 1. The molecule has 0 aromatic heterocycles. The molecule has 1 aromatic carbocycles. The van der Waals surface area contributed by atoms with E-state index in [1.165, 1.54) is 11.8 Å². The summed E-state index contributed by atoms with van der Waals surface area (Å²) >= 11 is 1.30. The van der Waals surface area contributed by atoms with E-state index in [0.29, 0.717) is 0 Å². The highest BCUT2D eigenvalue weighted by molar-refractivity contribution is 8.02. The van der Waals surface area contributed by atoms with Crippen LogP contribution in [-0.4, -0.2) is 30.7 Å². The zero-order valence-corrected chi connectivity index (χ0v) is 10.8. The van der Waals surface area contributed by atoms with Crippen molar-refractivity contribution < 1.29 is 9.59 Å². The van der Waals surface area contributed by atoms with E-state index in [4.69, 9.17) is 0 Å². The quantitative estimate of drug-likeness (QED) is 0.763. The van der Waals surface area contributed by atoms with Crippen molar-refractivity contribution in [3.05, 3.63) is 24.3 Å². The molecule has 17 heavy (non-hydrogen) atoms. The number of amides is 2. The van der Waals surface area contributed by atoms with Crippen LogP contribution in [0.4, 0.5) is 5.69 Å². The minimum atomic E-state index is -1.09. The number of fused-ring (bicyclic) bond motifs is 1. The molecule has 1 heterocycles. The van der Waals surface area contributed by atoms with E-state index >= 15 is 0 Å². The Morgan fingerprint density at radius 2 is 2.06 bits per heavy atom. The summed E-state index contributed by atoms with van der Waals surface area (Å²) < 4.78 is -1.09. The van der Waals surface area contributed by atoms with E-state index < -0.39 is 4.75 Å². The van der Waals surface area contributed by atoms with Crippen LogP contribution in [0.25, 0.3) is 0 Å². The molecule has 0 fully saturated rings. The second-order valence-corrected chi connectivity index (χ2v) is 5.51. The lowest BCUT2D eigenvalue weighted by atomic mass is 10.1. The summed E-state index contributed by atoms with van der Waals surface area (Å²) in [6, 6.07) is 7.58. The molecule has 0 aliphatic carbocycles. The third-order valence-corrected chi connectivity index (χ3v) is 4.25. The fourth-order valence-corrected chi connectivity index (χ4v) is 3.21. The summed E-state index contributed by atoms with van der Waals surface area (Å²) in [4.78, 5) is 26.6. The molecule has 2 rings (SSSR count). The predicted octanol–water partition coefficient (Wildman–Crippen LogP) is 1.26. The van der Waals surface area contributed by atoms with Crippen LogP contribution in [-0.2, 0) is 9.59 Å². The lowest BCUT2D eigenvalue weighted by Gasteiger charge is -2.36. The van der Waals surface area contributed by atoms with Gasteiger partial charge in [-0.1, -0.05) is 23.9 Å². The number of hydrogen-bond acceptors (Lipinski definition) is 3. The molecule has 0 radical (unpaired) electrons. The summed E-state index contributed by atoms with van der Waals surface area (Å²) in [5.41, 5.74) is 0.851. The van der Waals surface area contributed by atoms with Crippen molar-refractivity contribution in [1.29, 1.82) is 0 Å². The summed E-state index contributed by atoms with van der Waals surface area (Å²) in [6.07, 6.45) is 0. The molecule has 1 N–H and O–H groups in total. The van der Waals surface area contributed by atoms with Crippen LogP contribution >= 0.6 is 11.8 Å². The number of anilines is 1. The largest absolute Gasteiger partial charge is 0.358 e. The Bertz CT molecular complexity index is 489. The van der Waals surface area contributed by atoms with E-state index in [-0.39, 0.29) is 11.8 Å². The third-order valence-electron chi connectivity index (χ3n) is 2.91. The third kappa shape index (κ3) is 1.70. The molecule has 5 heteroatoms. The number of thioether (sulfide) groups is 1. The van der Waals surface area contributed by atoms with Gasteiger partial charge in [0, 0.05) is 19.0 Å². The maximum Gasteiger partial charge on any atom is 0.252 e. The Hall–Kier alpha value is -1.49. The van der Waals surface area contributed by atoms with Crippen LogP contribution in [0.1, 0.15) is 6.92 Å². The molecule has 1 aliphatic heterocycles. The average Bonchev–Trinajstić information content (AvgIpc) is 2.35. The Kier molecular flexibility index (Phi) is 2.87. The van der Waals surface area contributed by atoms with Gasteiger partial charge in [-0.25, -0.2) is 0 Å². The van der Waals surface area contributed by atoms with Gasteiger partial charge < -0.3 is 10.2 Å². The molecular formula is C12H14N2O2S. The molecular weight excluding hydrogens is 236 g/mol. The first-order chi connectivity index (χ1) is 8.00. The van der Waals surface area contributed by atoms with Crippen LogP contribution in [0.3, 0.4) is 0 Å². The van der Waals surface area contributed by atoms with E-state index in [0.717, 1.165) is 10.6 Å². The Morgan fingerprint density at radius 1 is 1.41 bits per heavy atom. The monoisotopic (exact) mass is 250 g/mol. The lowest BCUT2D eigenvalue weighted by molar-refractivity contribution is -0.130. The first-order valence-electron chi connectivity index (χ1n) is 5.29. The fraction of sp³-hybridized carbons (Fsp3) is 0.333. The molecule has 1 aromatic rings. The number of para-hydroxylation sites is 1. The first-order valence-corrected chi connectivity index (χ1v) is 6.10. The van der Waals surface area contributed by atoms with E-state index in [1.807, 2.05) is 24.3 Å². The maximum atomic E-state index is 12.3. The zero-order chi connectivity index (χ0) is 12.6. The van der Waals surface area contributed by atoms with Crippen molar-refractivity contribution in [2.75, 3.05) is 19.0 Å². The van der Waals surface area contributed by atoms with Gasteiger partial charge in [-0.3, -0.25) is 9.59 Å². The van der Waals surface area contributed by atoms with Crippen LogP contribution in [0, 0.1) is 0 Å². The topological polar surface area (TPSA) is 49.4 Å². The van der Waals surface area contributed by atoms with Crippen molar-refractivity contribution in [2.45, 2.75) is 16.6 Å². The Morgan fingerprint density at radius 3 is 2.71 bits per heavy atom. The molecule has 4 nitrogen and oxygen atoms in total. The minimum absolute atomic E-state index is 0.194. The smallest absolute Gasteiger partial charge is 0.252 e. The van der Waals surface area contributed by atoms with Gasteiger partial charge in [-0.15, -0.1) is 0 Å². The standard InChI is InChI=1S/C12H14N2O2S/c1-12(10(15)13-2)11(16)14(3)8-6-4-5-7-9(8)17-12/h4-7H,1-3H3,(H,13,15). The van der Waals surface area contributed by atoms with E-state index in [1.54, 1.807) is 25.9 Å². The van der Waals surface area contributed by atoms with Crippen LogP contribution in [0.5, 0.6) is 0 Å². The van der Waals surface area contributed by atoms with Crippen LogP contribution < -0.4 is 10.2 Å². The molecule has 0 saturated carbocycles. The van der Waals surface area contributed by atoms with E-state index in [9.17, 15) is 9.59 Å². The zero-order valence-electron chi connectivity index (χ0n) is 9.98. The molecule has 1 aliphatic rings. The molecule has 0 spiro atoms. The van der Waals surface area contributed by atoms with Gasteiger partial charge in [0.05, 0.1) is 5.69 Å². The fourth-order valence-electron chi connectivity index (χ4n) is 1.90. The molecule has 0 bridgehead atoms. The summed E-state index contributed by atoms with van der Waals surface area (Å²) in [5, 5.41) is 2.55. The summed E-state index contributed by atoms with van der Waals surface area (Å²) in [5.74, 6) is -0.464. The van der Waals surface area contributed by atoms with Crippen molar-refractivity contribution in [3.63, 3.8) is 0 Å². The molecule has 1 unspecified atom stereocenters. The number of hydrogen-bond donors (Lipinski definition) is 1. The number of nitrogens with zero attached hydrogens (tertiary/aromatic N) is 1. The summed E-state index contributed by atoms with van der Waals surface area (Å²) in [6.45, 7) is 1.66. The van der Waals surface area contributed by atoms with Crippen LogP contribution in [0.15, 0.2) is 29.2 Å². The Balaban J connectivity index is 2.51. The SMILES string of the molecule is CNC(=O)C1(C)Sc2ccccc2N(C)C1=O. The first kappa shape index (κ1) is 12.0. The normalized spacial score (nSPS) is 23.2. The highest BCUT2D eigenvalue weighted by Crippen LogP contribution is 2.44. The highest BCUT2D eigenvalue weighted by Gasteiger charge is 2.47. The van der Waals surface area contributed by atoms with Crippen molar-refractivity contribution in [3.8, 4) is 0 Å². The molecule has 2 amide bonds. The van der Waals surface area contributed by atoms with Crippen molar-refractivity contribution in [2.24, 2.45) is 0 Å².